The monoisotopic (exact) mass is 328 g/mol. The number of nitrogens with one attached hydrogen (secondary N) is 1. The highest BCUT2D eigenvalue weighted by atomic mass is 28.4. The summed E-state index contributed by atoms with van der Waals surface area (Å²) in [5.41, 5.74) is 6.68. The summed E-state index contributed by atoms with van der Waals surface area (Å²) < 4.78 is 15.8. The van der Waals surface area contributed by atoms with Crippen LogP contribution in [0.2, 0.25) is 6.04 Å². The number of benzene rings is 1. The van der Waals surface area contributed by atoms with Crippen LogP contribution < -0.4 is 11.1 Å². The van der Waals surface area contributed by atoms with Crippen molar-refractivity contribution in [1.29, 1.82) is 0 Å². The molecule has 0 aliphatic heterocycles. The van der Waals surface area contributed by atoms with Crippen LogP contribution in [-0.4, -0.2) is 49.8 Å². The molecule has 0 saturated carbocycles. The molecule has 128 valence electrons. The Morgan fingerprint density at radius 2 is 1.64 bits per heavy atom. The van der Waals surface area contributed by atoms with Crippen molar-refractivity contribution in [3.05, 3.63) is 35.9 Å². The molecule has 0 radical (unpaired) electrons. The molecule has 0 aromatic heterocycles. The van der Waals surface area contributed by atoms with E-state index in [9.17, 15) is 0 Å². The van der Waals surface area contributed by atoms with Crippen molar-refractivity contribution in [2.45, 2.75) is 25.8 Å². The van der Waals surface area contributed by atoms with Crippen molar-refractivity contribution < 1.29 is 13.3 Å². The first-order chi connectivity index (χ1) is 10.7. The smallest absolute Gasteiger partial charge is 0.377 e. The quantitative estimate of drug-likeness (QED) is 0.508. The minimum absolute atomic E-state index is 0.740. The van der Waals surface area contributed by atoms with Crippen LogP contribution in [0.1, 0.15) is 18.9 Å². The Bertz CT molecular complexity index is 340. The highest BCUT2D eigenvalue weighted by Gasteiger charge is 2.36. The Hall–Kier alpha value is -0.763. The van der Waals surface area contributed by atoms with Gasteiger partial charge < -0.3 is 24.3 Å². The molecule has 0 aliphatic rings. The van der Waals surface area contributed by atoms with Crippen LogP contribution in [0.15, 0.2) is 30.3 Å². The lowest BCUT2D eigenvalue weighted by Gasteiger charge is -2.24. The first kappa shape index (κ1) is 21.2. The van der Waals surface area contributed by atoms with Gasteiger partial charge in [-0.15, -0.1) is 0 Å². The third kappa shape index (κ3) is 9.29. The van der Waals surface area contributed by atoms with Gasteiger partial charge >= 0.3 is 8.80 Å². The SMILES string of the molecule is CCNCCC[Si](OC)(OC)OC.NCCc1ccccc1. The van der Waals surface area contributed by atoms with Gasteiger partial charge in [-0.05, 0) is 38.0 Å². The van der Waals surface area contributed by atoms with Gasteiger partial charge in [0.25, 0.3) is 0 Å². The summed E-state index contributed by atoms with van der Waals surface area (Å²) in [6, 6.07) is 11.1. The van der Waals surface area contributed by atoms with Gasteiger partial charge in [0.2, 0.25) is 0 Å². The summed E-state index contributed by atoms with van der Waals surface area (Å²) in [6.45, 7) is 4.82. The predicted octanol–water partition coefficient (Wildman–Crippen LogP) is 2.05. The molecule has 1 rings (SSSR count). The van der Waals surface area contributed by atoms with E-state index in [0.717, 1.165) is 38.5 Å². The van der Waals surface area contributed by atoms with Crippen molar-refractivity contribution in [1.82, 2.24) is 5.32 Å². The van der Waals surface area contributed by atoms with E-state index in [4.69, 9.17) is 19.0 Å². The Morgan fingerprint density at radius 1 is 1.05 bits per heavy atom. The average Bonchev–Trinajstić information content (AvgIpc) is 2.58. The van der Waals surface area contributed by atoms with Gasteiger partial charge in [0, 0.05) is 27.4 Å². The second kappa shape index (κ2) is 13.9. The van der Waals surface area contributed by atoms with Gasteiger partial charge in [0.15, 0.2) is 0 Å². The molecule has 0 spiro atoms. The molecule has 0 atom stereocenters. The fraction of sp³-hybridized carbons (Fsp3) is 0.625. The van der Waals surface area contributed by atoms with Crippen molar-refractivity contribution in [3.8, 4) is 0 Å². The lowest BCUT2D eigenvalue weighted by atomic mass is 10.2. The summed E-state index contributed by atoms with van der Waals surface area (Å²) in [6.07, 6.45) is 2.01. The van der Waals surface area contributed by atoms with Gasteiger partial charge in [0.05, 0.1) is 0 Å². The Labute approximate surface area is 136 Å². The van der Waals surface area contributed by atoms with E-state index in [-0.39, 0.29) is 0 Å². The van der Waals surface area contributed by atoms with Gasteiger partial charge in [-0.25, -0.2) is 0 Å². The van der Waals surface area contributed by atoms with E-state index in [1.165, 1.54) is 5.56 Å². The number of rotatable bonds is 10. The molecule has 22 heavy (non-hydrogen) atoms. The second-order valence-electron chi connectivity index (χ2n) is 4.78. The van der Waals surface area contributed by atoms with Crippen LogP contribution in [0, 0.1) is 0 Å². The fourth-order valence-electron chi connectivity index (χ4n) is 1.97. The van der Waals surface area contributed by atoms with Gasteiger partial charge in [-0.3, -0.25) is 0 Å². The molecular weight excluding hydrogens is 296 g/mol. The average molecular weight is 329 g/mol. The first-order valence-corrected chi connectivity index (χ1v) is 9.71. The Kier molecular flexibility index (Phi) is 13.4. The van der Waals surface area contributed by atoms with E-state index in [0.29, 0.717) is 0 Å². The maximum Gasteiger partial charge on any atom is 0.500 e. The van der Waals surface area contributed by atoms with Crippen LogP contribution in [0.5, 0.6) is 0 Å². The van der Waals surface area contributed by atoms with Crippen LogP contribution in [-0.2, 0) is 19.7 Å². The van der Waals surface area contributed by atoms with E-state index in [1.807, 2.05) is 18.2 Å². The minimum Gasteiger partial charge on any atom is -0.377 e. The lowest BCUT2D eigenvalue weighted by Crippen LogP contribution is -2.43. The molecule has 5 nitrogen and oxygen atoms in total. The number of hydrogen-bond donors (Lipinski definition) is 2. The maximum absolute atomic E-state index is 5.36. The summed E-state index contributed by atoms with van der Waals surface area (Å²) in [5.74, 6) is 0. The van der Waals surface area contributed by atoms with Crippen molar-refractivity contribution in [2.75, 3.05) is 41.0 Å². The third-order valence-corrected chi connectivity index (χ3v) is 6.13. The second-order valence-corrected chi connectivity index (χ2v) is 7.87. The standard InChI is InChI=1S/C8H21NO3Si.C8H11N/c1-5-9-7-6-8-13(10-2,11-3)12-4;9-7-6-8-4-2-1-3-5-8/h9H,5-8H2,1-4H3;1-5H,6-7,9H2. The fourth-order valence-corrected chi connectivity index (χ4v) is 3.70. The van der Waals surface area contributed by atoms with Crippen molar-refractivity contribution in [2.24, 2.45) is 5.73 Å². The largest absolute Gasteiger partial charge is 0.500 e. The molecule has 0 saturated heterocycles. The molecule has 6 heteroatoms. The summed E-state index contributed by atoms with van der Waals surface area (Å²) in [5, 5.41) is 3.25. The van der Waals surface area contributed by atoms with Crippen LogP contribution in [0.25, 0.3) is 0 Å². The number of nitrogens with two attached hydrogens (primary N) is 1. The zero-order valence-electron chi connectivity index (χ0n) is 14.4. The third-order valence-electron chi connectivity index (χ3n) is 3.30. The predicted molar refractivity (Wildman–Crippen MR) is 93.9 cm³/mol. The van der Waals surface area contributed by atoms with Gasteiger partial charge in [0.1, 0.15) is 0 Å². The Morgan fingerprint density at radius 3 is 2.09 bits per heavy atom. The molecule has 0 amide bonds. The first-order valence-electron chi connectivity index (χ1n) is 7.78. The van der Waals surface area contributed by atoms with Crippen molar-refractivity contribution >= 4 is 8.80 Å². The molecule has 3 N–H and O–H groups in total. The highest BCUT2D eigenvalue weighted by Crippen LogP contribution is 2.14. The highest BCUT2D eigenvalue weighted by molar-refractivity contribution is 6.60. The van der Waals surface area contributed by atoms with E-state index >= 15 is 0 Å². The maximum atomic E-state index is 5.36. The molecule has 1 aromatic rings. The normalized spacial score (nSPS) is 11.0. The van der Waals surface area contributed by atoms with Crippen molar-refractivity contribution in [3.63, 3.8) is 0 Å². The molecule has 0 bridgehead atoms. The number of hydrogen-bond acceptors (Lipinski definition) is 5. The van der Waals surface area contributed by atoms with Crippen LogP contribution in [0.4, 0.5) is 0 Å². The van der Waals surface area contributed by atoms with Gasteiger partial charge in [-0.2, -0.15) is 0 Å². The molecular formula is C16H32N2O3Si. The van der Waals surface area contributed by atoms with Crippen LogP contribution in [0.3, 0.4) is 0 Å². The summed E-state index contributed by atoms with van der Waals surface area (Å²) >= 11 is 0. The molecule has 0 fully saturated rings. The molecule has 1 aromatic carbocycles. The zero-order chi connectivity index (χ0) is 16.7. The van der Waals surface area contributed by atoms with E-state index in [2.05, 4.69) is 24.4 Å². The zero-order valence-corrected chi connectivity index (χ0v) is 15.4. The van der Waals surface area contributed by atoms with E-state index in [1.54, 1.807) is 21.3 Å². The van der Waals surface area contributed by atoms with E-state index < -0.39 is 8.80 Å². The Balaban J connectivity index is 0.000000425. The summed E-state index contributed by atoms with van der Waals surface area (Å²) in [7, 11) is 2.63. The van der Waals surface area contributed by atoms with Crippen LogP contribution >= 0.6 is 0 Å². The lowest BCUT2D eigenvalue weighted by molar-refractivity contribution is 0.123. The van der Waals surface area contributed by atoms with Gasteiger partial charge in [-0.1, -0.05) is 37.3 Å². The molecule has 0 unspecified atom stereocenters. The minimum atomic E-state index is -2.31. The molecule has 0 heterocycles. The summed E-state index contributed by atoms with van der Waals surface area (Å²) in [4.78, 5) is 0. The topological polar surface area (TPSA) is 65.7 Å². The molecule has 0 aliphatic carbocycles.